The Morgan fingerprint density at radius 1 is 1.50 bits per heavy atom. The molecule has 6 nitrogen and oxygen atoms in total. The second-order valence-electron chi connectivity index (χ2n) is 3.70. The number of hydrogen-bond donors (Lipinski definition) is 1. The molecule has 0 aliphatic carbocycles. The Labute approximate surface area is 112 Å². The third-order valence-electron chi connectivity index (χ3n) is 2.57. The number of carboxylic acids is 1. The van der Waals surface area contributed by atoms with Crippen LogP contribution in [0.3, 0.4) is 0 Å². The highest BCUT2D eigenvalue weighted by Crippen LogP contribution is 2.37. The minimum Gasteiger partial charge on any atom is -0.480 e. The number of carboxylic acid groups (broad SMARTS) is 1. The highest BCUT2D eigenvalue weighted by atomic mass is 79.9. The molecule has 1 aliphatic heterocycles. The van der Waals surface area contributed by atoms with Gasteiger partial charge in [-0.2, -0.15) is 8.42 Å². The SMILES string of the molecule is CC(C(=O)O)N1C=NS(=O)(=O)c2cccc(Br)c21. The summed E-state index contributed by atoms with van der Waals surface area (Å²) in [5.41, 5.74) is 0.294. The molecule has 0 saturated carbocycles. The molecule has 0 aromatic heterocycles. The summed E-state index contributed by atoms with van der Waals surface area (Å²) in [7, 11) is -3.75. The molecule has 1 atom stereocenters. The van der Waals surface area contributed by atoms with Gasteiger partial charge >= 0.3 is 5.97 Å². The lowest BCUT2D eigenvalue weighted by Crippen LogP contribution is -2.40. The van der Waals surface area contributed by atoms with Crippen LogP contribution in [0.5, 0.6) is 0 Å². The molecule has 0 bridgehead atoms. The normalized spacial score (nSPS) is 18.2. The third-order valence-corrected chi connectivity index (χ3v) is 4.47. The number of aliphatic carboxylic acids is 1. The molecule has 1 aromatic rings. The number of benzene rings is 1. The first kappa shape index (κ1) is 13.0. The number of para-hydroxylation sites is 1. The van der Waals surface area contributed by atoms with E-state index in [0.29, 0.717) is 10.2 Å². The van der Waals surface area contributed by atoms with Crippen molar-refractivity contribution in [3.8, 4) is 0 Å². The zero-order valence-electron chi connectivity index (χ0n) is 9.24. The van der Waals surface area contributed by atoms with Crippen LogP contribution in [0.2, 0.25) is 0 Å². The van der Waals surface area contributed by atoms with Gasteiger partial charge in [-0.15, -0.1) is 4.40 Å². The van der Waals surface area contributed by atoms with Crippen molar-refractivity contribution in [3.05, 3.63) is 22.7 Å². The van der Waals surface area contributed by atoms with Crippen LogP contribution in [0.4, 0.5) is 5.69 Å². The van der Waals surface area contributed by atoms with Crippen LogP contribution in [0.15, 0.2) is 32.0 Å². The Balaban J connectivity index is 2.68. The van der Waals surface area contributed by atoms with Gasteiger partial charge in [0, 0.05) is 4.47 Å². The van der Waals surface area contributed by atoms with E-state index in [0.717, 1.165) is 6.34 Å². The van der Waals surface area contributed by atoms with Gasteiger partial charge in [-0.1, -0.05) is 6.07 Å². The first-order valence-electron chi connectivity index (χ1n) is 4.94. The van der Waals surface area contributed by atoms with E-state index in [1.165, 1.54) is 17.9 Å². The van der Waals surface area contributed by atoms with Crippen LogP contribution < -0.4 is 4.90 Å². The van der Waals surface area contributed by atoms with Crippen molar-refractivity contribution in [1.82, 2.24) is 0 Å². The van der Waals surface area contributed by atoms with Crippen LogP contribution in [0.25, 0.3) is 0 Å². The fourth-order valence-corrected chi connectivity index (χ4v) is 3.35. The number of nitrogens with zero attached hydrogens (tertiary/aromatic N) is 2. The second kappa shape index (κ2) is 4.36. The zero-order chi connectivity index (χ0) is 13.5. The molecule has 1 N–H and O–H groups in total. The Hall–Kier alpha value is -1.41. The van der Waals surface area contributed by atoms with Crippen LogP contribution in [0.1, 0.15) is 6.92 Å². The van der Waals surface area contributed by atoms with E-state index in [-0.39, 0.29) is 4.90 Å². The molecular weight excluding hydrogens is 324 g/mol. The van der Waals surface area contributed by atoms with Gasteiger partial charge in [0.05, 0.1) is 5.69 Å². The first-order valence-corrected chi connectivity index (χ1v) is 7.18. The van der Waals surface area contributed by atoms with E-state index >= 15 is 0 Å². The van der Waals surface area contributed by atoms with Crippen molar-refractivity contribution in [2.24, 2.45) is 4.40 Å². The van der Waals surface area contributed by atoms with E-state index in [1.54, 1.807) is 12.1 Å². The van der Waals surface area contributed by atoms with Crippen molar-refractivity contribution in [2.45, 2.75) is 17.9 Å². The van der Waals surface area contributed by atoms with E-state index in [9.17, 15) is 13.2 Å². The Bertz CT molecular complexity index is 641. The van der Waals surface area contributed by atoms with E-state index < -0.39 is 22.0 Å². The van der Waals surface area contributed by atoms with Crippen molar-refractivity contribution in [2.75, 3.05) is 4.90 Å². The minimum atomic E-state index is -3.75. The number of fused-ring (bicyclic) bond motifs is 1. The summed E-state index contributed by atoms with van der Waals surface area (Å²) in [6.07, 6.45) is 1.03. The Morgan fingerprint density at radius 3 is 2.78 bits per heavy atom. The average molecular weight is 333 g/mol. The van der Waals surface area contributed by atoms with Gasteiger partial charge < -0.3 is 10.0 Å². The summed E-state index contributed by atoms with van der Waals surface area (Å²) in [6.45, 7) is 1.45. The maximum Gasteiger partial charge on any atom is 0.326 e. The van der Waals surface area contributed by atoms with Crippen LogP contribution in [-0.4, -0.2) is 31.9 Å². The summed E-state index contributed by atoms with van der Waals surface area (Å²) in [6, 6.07) is 3.69. The average Bonchev–Trinajstić information content (AvgIpc) is 2.29. The zero-order valence-corrected chi connectivity index (χ0v) is 11.6. The van der Waals surface area contributed by atoms with Crippen molar-refractivity contribution >= 4 is 43.9 Å². The van der Waals surface area contributed by atoms with Crippen LogP contribution in [0, 0.1) is 0 Å². The fourth-order valence-electron chi connectivity index (χ4n) is 1.59. The predicted molar refractivity (Wildman–Crippen MR) is 69.4 cm³/mol. The molecule has 18 heavy (non-hydrogen) atoms. The quantitative estimate of drug-likeness (QED) is 0.885. The van der Waals surface area contributed by atoms with E-state index in [4.69, 9.17) is 5.11 Å². The number of rotatable bonds is 2. The predicted octanol–water partition coefficient (Wildman–Crippen LogP) is 1.46. The van der Waals surface area contributed by atoms with Gasteiger partial charge in [0.15, 0.2) is 0 Å². The molecular formula is C10H9BrN2O4S. The molecule has 1 unspecified atom stereocenters. The van der Waals surface area contributed by atoms with E-state index in [1.807, 2.05) is 0 Å². The summed E-state index contributed by atoms with van der Waals surface area (Å²) < 4.78 is 27.5. The van der Waals surface area contributed by atoms with Gasteiger partial charge in [-0.05, 0) is 35.0 Å². The van der Waals surface area contributed by atoms with Gasteiger partial charge in [-0.25, -0.2) is 4.79 Å². The largest absolute Gasteiger partial charge is 0.480 e. The molecule has 0 saturated heterocycles. The van der Waals surface area contributed by atoms with E-state index in [2.05, 4.69) is 20.3 Å². The highest BCUT2D eigenvalue weighted by Gasteiger charge is 2.31. The smallest absolute Gasteiger partial charge is 0.326 e. The number of anilines is 1. The van der Waals surface area contributed by atoms with Gasteiger partial charge in [0.2, 0.25) is 0 Å². The molecule has 1 heterocycles. The molecule has 0 amide bonds. The molecule has 0 fully saturated rings. The fraction of sp³-hybridized carbons (Fsp3) is 0.200. The Morgan fingerprint density at radius 2 is 2.17 bits per heavy atom. The van der Waals surface area contributed by atoms with Gasteiger partial charge in [-0.3, -0.25) is 0 Å². The number of halogens is 1. The van der Waals surface area contributed by atoms with Crippen LogP contribution in [-0.2, 0) is 14.8 Å². The van der Waals surface area contributed by atoms with Crippen molar-refractivity contribution < 1.29 is 18.3 Å². The molecule has 0 radical (unpaired) electrons. The molecule has 1 aromatic carbocycles. The topological polar surface area (TPSA) is 87.0 Å². The standard InChI is InChI=1S/C10H9BrN2O4S/c1-6(10(14)15)13-5-12-18(16,17)8-4-2-3-7(11)9(8)13/h2-6H,1H3,(H,14,15). The van der Waals surface area contributed by atoms with Crippen molar-refractivity contribution in [3.63, 3.8) is 0 Å². The Kier molecular flexibility index (Phi) is 3.16. The van der Waals surface area contributed by atoms with Crippen LogP contribution >= 0.6 is 15.9 Å². The lowest BCUT2D eigenvalue weighted by atomic mass is 10.2. The molecule has 0 spiro atoms. The number of sulfonamides is 1. The summed E-state index contributed by atoms with van der Waals surface area (Å²) in [5, 5.41) is 9.01. The molecule has 8 heteroatoms. The minimum absolute atomic E-state index is 0.00697. The highest BCUT2D eigenvalue weighted by molar-refractivity contribution is 9.10. The monoisotopic (exact) mass is 332 g/mol. The summed E-state index contributed by atoms with van der Waals surface area (Å²) >= 11 is 3.23. The van der Waals surface area contributed by atoms with Gasteiger partial charge in [0.1, 0.15) is 17.3 Å². The van der Waals surface area contributed by atoms with Crippen molar-refractivity contribution in [1.29, 1.82) is 0 Å². The lowest BCUT2D eigenvalue weighted by molar-refractivity contribution is -0.137. The number of carbonyl (C=O) groups is 1. The summed E-state index contributed by atoms with van der Waals surface area (Å²) in [5.74, 6) is -1.07. The first-order chi connectivity index (χ1) is 8.34. The maximum atomic E-state index is 11.8. The molecule has 2 rings (SSSR count). The maximum absolute atomic E-state index is 11.8. The lowest BCUT2D eigenvalue weighted by Gasteiger charge is -2.29. The van der Waals surface area contributed by atoms with Gasteiger partial charge in [0.25, 0.3) is 10.0 Å². The molecule has 1 aliphatic rings. The third kappa shape index (κ3) is 2.01. The number of hydrogen-bond acceptors (Lipinski definition) is 4. The second-order valence-corrected chi connectivity index (χ2v) is 6.16. The summed E-state index contributed by atoms with van der Waals surface area (Å²) in [4.78, 5) is 12.3. The molecule has 96 valence electrons.